The van der Waals surface area contributed by atoms with Crippen LogP contribution >= 0.6 is 0 Å². The molecule has 0 spiro atoms. The second-order valence-corrected chi connectivity index (χ2v) is 3.22. The van der Waals surface area contributed by atoms with Crippen molar-refractivity contribution in [2.75, 3.05) is 39.5 Å². The van der Waals surface area contributed by atoms with Crippen LogP contribution in [-0.4, -0.2) is 51.7 Å². The van der Waals surface area contributed by atoms with Crippen LogP contribution in [0.4, 0.5) is 9.59 Å². The molecule has 0 heterocycles. The minimum absolute atomic E-state index is 0.131. The summed E-state index contributed by atoms with van der Waals surface area (Å²) in [4.78, 5) is 21.9. The van der Waals surface area contributed by atoms with Crippen molar-refractivity contribution in [3.05, 3.63) is 25.3 Å². The lowest BCUT2D eigenvalue weighted by Gasteiger charge is -2.07. The van der Waals surface area contributed by atoms with E-state index < -0.39 is 12.2 Å². The third-order valence-electron chi connectivity index (χ3n) is 1.70. The van der Waals surface area contributed by atoms with Crippen molar-refractivity contribution in [3.8, 4) is 0 Å². The van der Waals surface area contributed by atoms with E-state index in [1.54, 1.807) is 12.2 Å². The van der Waals surface area contributed by atoms with E-state index in [0.717, 1.165) is 0 Å². The Kier molecular flexibility index (Phi) is 11.1. The summed E-state index contributed by atoms with van der Waals surface area (Å²) in [5.41, 5.74) is 0. The fourth-order valence-corrected chi connectivity index (χ4v) is 0.902. The maximum absolute atomic E-state index is 11.0. The van der Waals surface area contributed by atoms with Crippen LogP contribution in [0.3, 0.4) is 0 Å². The normalized spacial score (nSPS) is 9.26. The third-order valence-corrected chi connectivity index (χ3v) is 1.70. The molecule has 0 aliphatic rings. The van der Waals surface area contributed by atoms with Gasteiger partial charge in [-0.3, -0.25) is 0 Å². The molecule has 7 heteroatoms. The molecular weight excluding hydrogens is 252 g/mol. The summed E-state index contributed by atoms with van der Waals surface area (Å²) in [5, 5.41) is 4.90. The Morgan fingerprint density at radius 3 is 1.63 bits per heavy atom. The lowest BCUT2D eigenvalue weighted by Crippen LogP contribution is -2.26. The van der Waals surface area contributed by atoms with Gasteiger partial charge in [-0.1, -0.05) is 12.2 Å². The van der Waals surface area contributed by atoms with Crippen LogP contribution in [0.5, 0.6) is 0 Å². The largest absolute Gasteiger partial charge is 0.447 e. The van der Waals surface area contributed by atoms with Gasteiger partial charge in [0, 0.05) is 13.1 Å². The van der Waals surface area contributed by atoms with Crippen molar-refractivity contribution in [1.29, 1.82) is 0 Å². The number of ether oxygens (including phenoxy) is 3. The van der Waals surface area contributed by atoms with Gasteiger partial charge in [0.25, 0.3) is 0 Å². The maximum atomic E-state index is 11.0. The van der Waals surface area contributed by atoms with Gasteiger partial charge in [-0.05, 0) is 0 Å². The number of carbonyl (C=O) groups is 2. The third kappa shape index (κ3) is 12.2. The molecule has 0 bridgehead atoms. The van der Waals surface area contributed by atoms with E-state index in [1.165, 1.54) is 0 Å². The molecule has 0 fully saturated rings. The summed E-state index contributed by atoms with van der Waals surface area (Å²) in [5.74, 6) is 0. The van der Waals surface area contributed by atoms with Gasteiger partial charge < -0.3 is 24.8 Å². The highest BCUT2D eigenvalue weighted by atomic mass is 16.6. The highest BCUT2D eigenvalue weighted by Gasteiger charge is 2.00. The van der Waals surface area contributed by atoms with Gasteiger partial charge in [-0.25, -0.2) is 9.59 Å². The smallest absolute Gasteiger partial charge is 0.407 e. The van der Waals surface area contributed by atoms with Gasteiger partial charge in [-0.2, -0.15) is 0 Å². The number of alkyl carbamates (subject to hydrolysis) is 2. The minimum Gasteiger partial charge on any atom is -0.447 e. The van der Waals surface area contributed by atoms with Crippen LogP contribution in [0, 0.1) is 0 Å². The Balaban J connectivity index is 3.26. The number of hydrogen-bond donors (Lipinski definition) is 2. The number of hydrogen-bond acceptors (Lipinski definition) is 5. The summed E-state index contributed by atoms with van der Waals surface area (Å²) >= 11 is 0. The summed E-state index contributed by atoms with van der Waals surface area (Å²) < 4.78 is 14.6. The molecular formula is C12H20N2O5. The first-order chi connectivity index (χ1) is 9.20. The molecule has 0 aromatic rings. The van der Waals surface area contributed by atoms with Crippen LogP contribution in [0.1, 0.15) is 0 Å². The molecule has 0 atom stereocenters. The number of rotatable bonds is 10. The van der Waals surface area contributed by atoms with Crippen molar-refractivity contribution in [2.45, 2.75) is 0 Å². The number of carbonyl (C=O) groups excluding carboxylic acids is 2. The zero-order valence-electron chi connectivity index (χ0n) is 10.9. The van der Waals surface area contributed by atoms with Crippen molar-refractivity contribution in [3.63, 3.8) is 0 Å². The van der Waals surface area contributed by atoms with Gasteiger partial charge in [0.2, 0.25) is 0 Å². The minimum atomic E-state index is -0.524. The van der Waals surface area contributed by atoms with Crippen LogP contribution in [0.2, 0.25) is 0 Å². The first-order valence-corrected chi connectivity index (χ1v) is 5.81. The predicted molar refractivity (Wildman–Crippen MR) is 69.9 cm³/mol. The molecule has 0 saturated heterocycles. The molecule has 19 heavy (non-hydrogen) atoms. The predicted octanol–water partition coefficient (Wildman–Crippen LogP) is 0.827. The Hall–Kier alpha value is -2.02. The Morgan fingerprint density at radius 2 is 1.26 bits per heavy atom. The van der Waals surface area contributed by atoms with Crippen molar-refractivity contribution >= 4 is 12.2 Å². The molecule has 7 nitrogen and oxygen atoms in total. The molecule has 108 valence electrons. The fourth-order valence-electron chi connectivity index (χ4n) is 0.902. The van der Waals surface area contributed by atoms with Gasteiger partial charge in [0.1, 0.15) is 13.2 Å². The van der Waals surface area contributed by atoms with E-state index in [1.807, 2.05) is 0 Å². The van der Waals surface area contributed by atoms with Crippen LogP contribution in [0.15, 0.2) is 25.3 Å². The lowest BCUT2D eigenvalue weighted by molar-refractivity contribution is 0.0461. The molecule has 0 saturated carbocycles. The van der Waals surface area contributed by atoms with E-state index in [9.17, 15) is 9.59 Å². The first-order valence-electron chi connectivity index (χ1n) is 5.81. The monoisotopic (exact) mass is 272 g/mol. The van der Waals surface area contributed by atoms with Gasteiger partial charge in [-0.15, -0.1) is 13.2 Å². The molecule has 0 aromatic carbocycles. The van der Waals surface area contributed by atoms with Gasteiger partial charge in [0.15, 0.2) is 0 Å². The molecule has 0 aromatic heterocycles. The molecule has 2 N–H and O–H groups in total. The molecule has 2 amide bonds. The highest BCUT2D eigenvalue weighted by Crippen LogP contribution is 1.83. The standard InChI is InChI=1S/C12H20N2O5/c1-3-5-13-11(15)18-9-7-17-8-10-19-12(16)14-6-4-2/h3-4H,1-2,5-10H2,(H,13,15)(H,14,16). The SMILES string of the molecule is C=CCNC(=O)OCCOCCOC(=O)NCC=C. The van der Waals surface area contributed by atoms with Crippen molar-refractivity contribution < 1.29 is 23.8 Å². The summed E-state index contributed by atoms with van der Waals surface area (Å²) in [6, 6.07) is 0. The maximum Gasteiger partial charge on any atom is 0.407 e. The topological polar surface area (TPSA) is 85.9 Å². The molecule has 0 aliphatic heterocycles. The second kappa shape index (κ2) is 12.4. The summed E-state index contributed by atoms with van der Waals surface area (Å²) in [6.45, 7) is 8.34. The van der Waals surface area contributed by atoms with E-state index in [2.05, 4.69) is 23.8 Å². The van der Waals surface area contributed by atoms with Gasteiger partial charge >= 0.3 is 12.2 Å². The van der Waals surface area contributed by atoms with E-state index in [0.29, 0.717) is 13.1 Å². The Labute approximate surface area is 112 Å². The van der Waals surface area contributed by atoms with Crippen molar-refractivity contribution in [2.24, 2.45) is 0 Å². The number of nitrogens with one attached hydrogen (secondary N) is 2. The Morgan fingerprint density at radius 1 is 0.842 bits per heavy atom. The summed E-state index contributed by atoms with van der Waals surface area (Å²) in [7, 11) is 0. The van der Waals surface area contributed by atoms with Crippen LogP contribution < -0.4 is 10.6 Å². The molecule has 0 rings (SSSR count). The quantitative estimate of drug-likeness (QED) is 0.454. The highest BCUT2D eigenvalue weighted by molar-refractivity contribution is 5.67. The van der Waals surface area contributed by atoms with Gasteiger partial charge in [0.05, 0.1) is 13.2 Å². The van der Waals surface area contributed by atoms with E-state index in [-0.39, 0.29) is 26.4 Å². The second-order valence-electron chi connectivity index (χ2n) is 3.22. The van der Waals surface area contributed by atoms with Crippen molar-refractivity contribution in [1.82, 2.24) is 10.6 Å². The molecule has 0 unspecified atom stereocenters. The molecule has 0 aliphatic carbocycles. The number of amides is 2. The van der Waals surface area contributed by atoms with Crippen LogP contribution in [-0.2, 0) is 14.2 Å². The molecule has 0 radical (unpaired) electrons. The average Bonchev–Trinajstić information content (AvgIpc) is 2.41. The summed E-state index contributed by atoms with van der Waals surface area (Å²) in [6.07, 6.45) is 2.05. The van der Waals surface area contributed by atoms with E-state index >= 15 is 0 Å². The first kappa shape index (κ1) is 17.0. The zero-order valence-corrected chi connectivity index (χ0v) is 10.9. The van der Waals surface area contributed by atoms with Crippen LogP contribution in [0.25, 0.3) is 0 Å². The lowest BCUT2D eigenvalue weighted by atomic mass is 10.6. The fraction of sp³-hybridized carbons (Fsp3) is 0.500. The Bertz CT molecular complexity index is 266. The average molecular weight is 272 g/mol. The zero-order chi connectivity index (χ0) is 14.3. The van der Waals surface area contributed by atoms with E-state index in [4.69, 9.17) is 14.2 Å².